The van der Waals surface area contributed by atoms with Crippen LogP contribution in [0, 0.1) is 0 Å². The largest absolute Gasteiger partial charge is 0.454 e. The van der Waals surface area contributed by atoms with Gasteiger partial charge in [0.15, 0.2) is 20.5 Å². The van der Waals surface area contributed by atoms with Gasteiger partial charge in [-0.05, 0) is 24.2 Å². The average Bonchev–Trinajstić information content (AvgIpc) is 2.49. The Bertz CT molecular complexity index is 674. The molecule has 0 spiro atoms. The summed E-state index contributed by atoms with van der Waals surface area (Å²) in [6.07, 6.45) is -2.32. The minimum absolute atomic E-state index is 0.0162. The van der Waals surface area contributed by atoms with Gasteiger partial charge in [-0.25, -0.2) is 0 Å². The number of ether oxygens (including phenoxy) is 3. The van der Waals surface area contributed by atoms with E-state index >= 15 is 0 Å². The van der Waals surface area contributed by atoms with Gasteiger partial charge >= 0.3 is 17.9 Å². The quantitative estimate of drug-likeness (QED) is 0.370. The smallest absolute Gasteiger partial charge is 0.303 e. The lowest BCUT2D eigenvalue weighted by Crippen LogP contribution is -2.52. The van der Waals surface area contributed by atoms with Crippen molar-refractivity contribution in [3.8, 4) is 0 Å². The van der Waals surface area contributed by atoms with Crippen LogP contribution >= 0.6 is 0 Å². The summed E-state index contributed by atoms with van der Waals surface area (Å²) < 4.78 is 21.6. The minimum Gasteiger partial charge on any atom is -0.454 e. The van der Waals surface area contributed by atoms with E-state index < -0.39 is 50.3 Å². The van der Waals surface area contributed by atoms with E-state index in [0.717, 1.165) is 13.8 Å². The molecule has 0 radical (unpaired) electrons. The second kappa shape index (κ2) is 9.00. The molecule has 0 aromatic carbocycles. The highest BCUT2D eigenvalue weighted by molar-refractivity contribution is 6.74. The molecule has 28 heavy (non-hydrogen) atoms. The molecule has 0 amide bonds. The van der Waals surface area contributed by atoms with E-state index in [4.69, 9.17) is 18.6 Å². The minimum atomic E-state index is -2.16. The summed E-state index contributed by atoms with van der Waals surface area (Å²) in [5.74, 6) is -2.58. The van der Waals surface area contributed by atoms with E-state index in [1.165, 1.54) is 13.0 Å². The SMILES string of the molecule is CC(=O)O[C@H]1[C@@H](OC(C)=O)C=C(CO[Si](C)(C)C(C)(C)C)C(=O)[C@@H]1OC(C)=O. The normalized spacial score (nSPS) is 22.9. The summed E-state index contributed by atoms with van der Waals surface area (Å²) in [5, 5.41) is -0.0733. The van der Waals surface area contributed by atoms with Gasteiger partial charge < -0.3 is 18.6 Å². The molecule has 1 rings (SSSR count). The maximum atomic E-state index is 12.9. The molecule has 0 unspecified atom stereocenters. The first-order chi connectivity index (χ1) is 12.7. The summed E-state index contributed by atoms with van der Waals surface area (Å²) >= 11 is 0. The highest BCUT2D eigenvalue weighted by Gasteiger charge is 2.46. The monoisotopic (exact) mass is 414 g/mol. The van der Waals surface area contributed by atoms with Gasteiger partial charge in [0.25, 0.3) is 0 Å². The molecular formula is C19H30O8Si. The number of hydrogen-bond acceptors (Lipinski definition) is 8. The number of ketones is 1. The molecule has 0 bridgehead atoms. The lowest BCUT2D eigenvalue weighted by Gasteiger charge is -2.38. The van der Waals surface area contributed by atoms with Crippen molar-refractivity contribution in [2.75, 3.05) is 6.61 Å². The van der Waals surface area contributed by atoms with Crippen LogP contribution in [0.15, 0.2) is 11.6 Å². The molecule has 0 fully saturated rings. The van der Waals surface area contributed by atoms with Crippen LogP contribution in [0.4, 0.5) is 0 Å². The molecule has 1 aliphatic rings. The molecule has 9 heteroatoms. The number of hydrogen-bond donors (Lipinski definition) is 0. The number of carbonyl (C=O) groups excluding carboxylic acids is 4. The van der Waals surface area contributed by atoms with Crippen molar-refractivity contribution in [1.82, 2.24) is 0 Å². The Morgan fingerprint density at radius 3 is 1.89 bits per heavy atom. The van der Waals surface area contributed by atoms with Crippen molar-refractivity contribution in [3.63, 3.8) is 0 Å². The van der Waals surface area contributed by atoms with Gasteiger partial charge in [-0.2, -0.15) is 0 Å². The third-order valence-electron chi connectivity index (χ3n) is 4.85. The molecule has 1 aliphatic carbocycles. The highest BCUT2D eigenvalue weighted by Crippen LogP contribution is 2.37. The molecule has 0 aromatic rings. The third kappa shape index (κ3) is 6.27. The summed E-state index contributed by atoms with van der Waals surface area (Å²) in [6.45, 7) is 13.7. The summed E-state index contributed by atoms with van der Waals surface area (Å²) in [4.78, 5) is 47.4. The molecular weight excluding hydrogens is 384 g/mol. The Hall–Kier alpha value is -2.00. The van der Waals surface area contributed by atoms with Crippen molar-refractivity contribution in [2.24, 2.45) is 0 Å². The summed E-state index contributed by atoms with van der Waals surface area (Å²) in [6, 6.07) is 0. The zero-order valence-corrected chi connectivity index (χ0v) is 18.8. The summed E-state index contributed by atoms with van der Waals surface area (Å²) in [7, 11) is -2.16. The number of esters is 3. The maximum Gasteiger partial charge on any atom is 0.303 e. The first kappa shape index (κ1) is 24.0. The van der Waals surface area contributed by atoms with Crippen molar-refractivity contribution in [3.05, 3.63) is 11.6 Å². The zero-order valence-electron chi connectivity index (χ0n) is 17.8. The lowest BCUT2D eigenvalue weighted by atomic mass is 9.90. The molecule has 158 valence electrons. The Balaban J connectivity index is 3.25. The first-order valence-electron chi connectivity index (χ1n) is 9.06. The Labute approximate surface area is 166 Å². The van der Waals surface area contributed by atoms with Gasteiger partial charge in [-0.3, -0.25) is 19.2 Å². The van der Waals surface area contributed by atoms with E-state index in [1.54, 1.807) is 0 Å². The number of rotatable bonds is 6. The second-order valence-corrected chi connectivity index (χ2v) is 13.1. The molecule has 3 atom stereocenters. The first-order valence-corrected chi connectivity index (χ1v) is 12.0. The van der Waals surface area contributed by atoms with Gasteiger partial charge in [0.1, 0.15) is 0 Å². The Kier molecular flexibility index (Phi) is 7.72. The molecule has 0 saturated heterocycles. The lowest BCUT2D eigenvalue weighted by molar-refractivity contribution is -0.182. The van der Waals surface area contributed by atoms with Crippen LogP contribution in [0.5, 0.6) is 0 Å². The van der Waals surface area contributed by atoms with Gasteiger partial charge in [-0.1, -0.05) is 20.8 Å². The van der Waals surface area contributed by atoms with Gasteiger partial charge in [0.2, 0.25) is 11.9 Å². The van der Waals surface area contributed by atoms with Crippen molar-refractivity contribution >= 4 is 32.0 Å². The fourth-order valence-corrected chi connectivity index (χ4v) is 3.34. The summed E-state index contributed by atoms with van der Waals surface area (Å²) in [5.41, 5.74) is 0.214. The fourth-order valence-electron chi connectivity index (χ4n) is 2.39. The Morgan fingerprint density at radius 2 is 1.46 bits per heavy atom. The van der Waals surface area contributed by atoms with Gasteiger partial charge in [0.05, 0.1) is 6.61 Å². The van der Waals surface area contributed by atoms with Crippen LogP contribution in [0.25, 0.3) is 0 Å². The van der Waals surface area contributed by atoms with Crippen molar-refractivity contribution in [2.45, 2.75) is 78.0 Å². The standard InChI is InChI=1S/C19H30O8Si/c1-11(20)25-15-9-14(10-24-28(7,8)19(4,5)6)16(23)18(27-13(3)22)17(15)26-12(2)21/h9,15,17-18H,10H2,1-8H3/t15-,17-,18-/m0/s1. The molecule has 0 saturated carbocycles. The average molecular weight is 415 g/mol. The fraction of sp³-hybridized carbons (Fsp3) is 0.684. The van der Waals surface area contributed by atoms with Crippen LogP contribution in [0.3, 0.4) is 0 Å². The van der Waals surface area contributed by atoms with E-state index in [9.17, 15) is 19.2 Å². The maximum absolute atomic E-state index is 12.9. The van der Waals surface area contributed by atoms with Crippen LogP contribution in [0.2, 0.25) is 18.1 Å². The third-order valence-corrected chi connectivity index (χ3v) is 9.33. The Morgan fingerprint density at radius 1 is 0.964 bits per heavy atom. The van der Waals surface area contributed by atoms with Crippen LogP contribution in [-0.4, -0.2) is 56.9 Å². The van der Waals surface area contributed by atoms with Crippen molar-refractivity contribution < 1.29 is 37.8 Å². The molecule has 8 nitrogen and oxygen atoms in total. The highest BCUT2D eigenvalue weighted by atomic mass is 28.4. The molecule has 0 heterocycles. The van der Waals surface area contributed by atoms with Crippen LogP contribution < -0.4 is 0 Å². The van der Waals surface area contributed by atoms with Crippen LogP contribution in [0.1, 0.15) is 41.5 Å². The molecule has 0 aromatic heterocycles. The van der Waals surface area contributed by atoms with E-state index in [-0.39, 0.29) is 17.2 Å². The van der Waals surface area contributed by atoms with Crippen molar-refractivity contribution in [1.29, 1.82) is 0 Å². The molecule has 0 N–H and O–H groups in total. The van der Waals surface area contributed by atoms with E-state index in [2.05, 4.69) is 20.8 Å². The van der Waals surface area contributed by atoms with Gasteiger partial charge in [-0.15, -0.1) is 0 Å². The zero-order chi connectivity index (χ0) is 21.9. The number of Topliss-reactive ketones (excluding diaryl/α,β-unsaturated/α-hetero) is 1. The van der Waals surface area contributed by atoms with Crippen LogP contribution in [-0.2, 0) is 37.8 Å². The second-order valence-electron chi connectivity index (χ2n) is 8.28. The predicted molar refractivity (Wildman–Crippen MR) is 103 cm³/mol. The number of carbonyl (C=O) groups is 4. The molecule has 0 aliphatic heterocycles. The van der Waals surface area contributed by atoms with E-state index in [1.807, 2.05) is 13.1 Å². The predicted octanol–water partition coefficient (Wildman–Crippen LogP) is 2.31. The van der Waals surface area contributed by atoms with E-state index in [0.29, 0.717) is 0 Å². The topological polar surface area (TPSA) is 105 Å². The van der Waals surface area contributed by atoms with Gasteiger partial charge in [0, 0.05) is 26.3 Å².